The predicted molar refractivity (Wildman–Crippen MR) is 70.3 cm³/mol. The number of aromatic hydroxyl groups is 1. The average Bonchev–Trinajstić information content (AvgIpc) is 2.37. The zero-order valence-corrected chi connectivity index (χ0v) is 11.1. The standard InChI is InChI=1S/C14H21NO3/c1-4-9(2)18-14(17)13(15)10(3)11-5-7-12(16)8-6-11/h5-10,13,16H,4,15H2,1-3H3/t9?,10-,13-/m1/s1. The van der Waals surface area contributed by atoms with Gasteiger partial charge in [0.25, 0.3) is 0 Å². The SMILES string of the molecule is CCC(C)OC(=O)[C@H](N)[C@H](C)c1ccc(O)cc1. The Kier molecular flexibility index (Phi) is 5.16. The molecule has 0 aliphatic carbocycles. The highest BCUT2D eigenvalue weighted by Gasteiger charge is 2.24. The van der Waals surface area contributed by atoms with Crippen molar-refractivity contribution in [1.29, 1.82) is 0 Å². The van der Waals surface area contributed by atoms with Gasteiger partial charge in [0.1, 0.15) is 11.8 Å². The van der Waals surface area contributed by atoms with E-state index in [-0.39, 0.29) is 23.7 Å². The number of ether oxygens (including phenoxy) is 1. The van der Waals surface area contributed by atoms with E-state index in [4.69, 9.17) is 10.5 Å². The quantitative estimate of drug-likeness (QED) is 0.787. The Hall–Kier alpha value is -1.55. The minimum absolute atomic E-state index is 0.115. The van der Waals surface area contributed by atoms with Crippen LogP contribution in [-0.4, -0.2) is 23.2 Å². The van der Waals surface area contributed by atoms with Gasteiger partial charge in [-0.3, -0.25) is 4.79 Å². The van der Waals surface area contributed by atoms with Crippen molar-refractivity contribution in [1.82, 2.24) is 0 Å². The third-order valence-corrected chi connectivity index (χ3v) is 3.12. The van der Waals surface area contributed by atoms with Crippen LogP contribution in [0.4, 0.5) is 0 Å². The van der Waals surface area contributed by atoms with Crippen LogP contribution in [0.15, 0.2) is 24.3 Å². The van der Waals surface area contributed by atoms with E-state index in [0.717, 1.165) is 12.0 Å². The molecule has 1 rings (SSSR count). The van der Waals surface area contributed by atoms with E-state index in [2.05, 4.69) is 0 Å². The Morgan fingerprint density at radius 3 is 2.39 bits per heavy atom. The van der Waals surface area contributed by atoms with Crippen LogP contribution in [0.2, 0.25) is 0 Å². The third-order valence-electron chi connectivity index (χ3n) is 3.12. The molecule has 3 N–H and O–H groups in total. The predicted octanol–water partition coefficient (Wildman–Crippen LogP) is 2.16. The van der Waals surface area contributed by atoms with Crippen molar-refractivity contribution < 1.29 is 14.6 Å². The number of hydrogen-bond acceptors (Lipinski definition) is 4. The first-order valence-electron chi connectivity index (χ1n) is 6.20. The molecule has 0 spiro atoms. The second-order valence-electron chi connectivity index (χ2n) is 4.56. The Labute approximate surface area is 108 Å². The second kappa shape index (κ2) is 6.40. The summed E-state index contributed by atoms with van der Waals surface area (Å²) in [4.78, 5) is 11.8. The first-order valence-corrected chi connectivity index (χ1v) is 6.20. The van der Waals surface area contributed by atoms with Crippen molar-refractivity contribution in [3.8, 4) is 5.75 Å². The van der Waals surface area contributed by atoms with Gasteiger partial charge in [-0.2, -0.15) is 0 Å². The van der Waals surface area contributed by atoms with Crippen molar-refractivity contribution in [2.45, 2.75) is 45.3 Å². The van der Waals surface area contributed by atoms with E-state index in [1.807, 2.05) is 20.8 Å². The molecule has 0 radical (unpaired) electrons. The van der Waals surface area contributed by atoms with E-state index in [9.17, 15) is 9.90 Å². The number of carbonyl (C=O) groups is 1. The molecule has 4 nitrogen and oxygen atoms in total. The molecule has 1 aromatic carbocycles. The first-order chi connectivity index (χ1) is 8.45. The van der Waals surface area contributed by atoms with Crippen molar-refractivity contribution in [2.75, 3.05) is 0 Å². The summed E-state index contributed by atoms with van der Waals surface area (Å²) in [6.07, 6.45) is 0.655. The summed E-state index contributed by atoms with van der Waals surface area (Å²) in [7, 11) is 0. The fourth-order valence-corrected chi connectivity index (χ4v) is 1.55. The number of benzene rings is 1. The molecular weight excluding hydrogens is 230 g/mol. The van der Waals surface area contributed by atoms with Crippen LogP contribution >= 0.6 is 0 Å². The van der Waals surface area contributed by atoms with Gasteiger partial charge in [0, 0.05) is 5.92 Å². The average molecular weight is 251 g/mol. The fourth-order valence-electron chi connectivity index (χ4n) is 1.55. The fraction of sp³-hybridized carbons (Fsp3) is 0.500. The maximum absolute atomic E-state index is 11.8. The zero-order chi connectivity index (χ0) is 13.7. The van der Waals surface area contributed by atoms with Gasteiger partial charge in [0.15, 0.2) is 0 Å². The summed E-state index contributed by atoms with van der Waals surface area (Å²) in [5, 5.41) is 9.21. The Morgan fingerprint density at radius 1 is 1.33 bits per heavy atom. The molecule has 4 heteroatoms. The lowest BCUT2D eigenvalue weighted by atomic mass is 9.94. The van der Waals surface area contributed by atoms with Gasteiger partial charge in [0.2, 0.25) is 0 Å². The molecule has 0 saturated carbocycles. The van der Waals surface area contributed by atoms with Gasteiger partial charge >= 0.3 is 5.97 Å². The van der Waals surface area contributed by atoms with Crippen LogP contribution in [0.1, 0.15) is 38.7 Å². The lowest BCUT2D eigenvalue weighted by Gasteiger charge is -2.21. The van der Waals surface area contributed by atoms with Crippen LogP contribution < -0.4 is 5.73 Å². The van der Waals surface area contributed by atoms with Crippen LogP contribution in [-0.2, 0) is 9.53 Å². The normalized spacial score (nSPS) is 15.8. The molecule has 100 valence electrons. The van der Waals surface area contributed by atoms with Crippen LogP contribution in [0, 0.1) is 0 Å². The number of esters is 1. The molecule has 1 aromatic rings. The molecule has 0 heterocycles. The van der Waals surface area contributed by atoms with Gasteiger partial charge in [-0.15, -0.1) is 0 Å². The monoisotopic (exact) mass is 251 g/mol. The van der Waals surface area contributed by atoms with Crippen molar-refractivity contribution in [3.63, 3.8) is 0 Å². The molecule has 0 aromatic heterocycles. The summed E-state index contributed by atoms with van der Waals surface area (Å²) >= 11 is 0. The molecule has 0 aliphatic heterocycles. The lowest BCUT2D eigenvalue weighted by molar-refractivity contribution is -0.150. The van der Waals surface area contributed by atoms with Crippen LogP contribution in [0.25, 0.3) is 0 Å². The topological polar surface area (TPSA) is 72.5 Å². The van der Waals surface area contributed by atoms with E-state index in [1.165, 1.54) is 0 Å². The van der Waals surface area contributed by atoms with Gasteiger partial charge in [-0.1, -0.05) is 26.0 Å². The number of phenolic OH excluding ortho intramolecular Hbond substituents is 1. The van der Waals surface area contributed by atoms with E-state index in [1.54, 1.807) is 24.3 Å². The summed E-state index contributed by atoms with van der Waals surface area (Å²) in [6, 6.07) is 5.99. The Bertz CT molecular complexity index is 389. The third kappa shape index (κ3) is 3.74. The number of phenols is 1. The van der Waals surface area contributed by atoms with E-state index >= 15 is 0 Å². The first kappa shape index (κ1) is 14.5. The molecule has 1 unspecified atom stereocenters. The molecule has 0 bridgehead atoms. The number of carbonyl (C=O) groups excluding carboxylic acids is 1. The minimum Gasteiger partial charge on any atom is -0.508 e. The van der Waals surface area contributed by atoms with E-state index in [0.29, 0.717) is 0 Å². The highest BCUT2D eigenvalue weighted by atomic mass is 16.5. The van der Waals surface area contributed by atoms with Crippen molar-refractivity contribution in [2.24, 2.45) is 5.73 Å². The maximum Gasteiger partial charge on any atom is 0.323 e. The minimum atomic E-state index is -0.691. The number of nitrogens with two attached hydrogens (primary N) is 1. The highest BCUT2D eigenvalue weighted by molar-refractivity contribution is 5.77. The number of rotatable bonds is 5. The van der Waals surface area contributed by atoms with Crippen molar-refractivity contribution >= 4 is 5.97 Å². The largest absolute Gasteiger partial charge is 0.508 e. The summed E-state index contributed by atoms with van der Waals surface area (Å²) in [5.74, 6) is -0.339. The molecule has 0 amide bonds. The Balaban J connectivity index is 2.68. The summed E-state index contributed by atoms with van der Waals surface area (Å²) < 4.78 is 5.21. The smallest absolute Gasteiger partial charge is 0.323 e. The van der Waals surface area contributed by atoms with E-state index < -0.39 is 6.04 Å². The molecule has 3 atom stereocenters. The number of hydrogen-bond donors (Lipinski definition) is 2. The van der Waals surface area contributed by atoms with Gasteiger partial charge < -0.3 is 15.6 Å². The van der Waals surface area contributed by atoms with Crippen molar-refractivity contribution in [3.05, 3.63) is 29.8 Å². The molecule has 18 heavy (non-hydrogen) atoms. The maximum atomic E-state index is 11.8. The molecule has 0 saturated heterocycles. The molecule has 0 aliphatic rings. The summed E-state index contributed by atoms with van der Waals surface area (Å²) in [5.41, 5.74) is 6.80. The van der Waals surface area contributed by atoms with Gasteiger partial charge in [0.05, 0.1) is 6.10 Å². The highest BCUT2D eigenvalue weighted by Crippen LogP contribution is 2.21. The van der Waals surface area contributed by atoms with Crippen LogP contribution in [0.3, 0.4) is 0 Å². The molecular formula is C14H21NO3. The van der Waals surface area contributed by atoms with Gasteiger partial charge in [-0.25, -0.2) is 0 Å². The zero-order valence-electron chi connectivity index (χ0n) is 11.1. The summed E-state index contributed by atoms with van der Waals surface area (Å²) in [6.45, 7) is 5.66. The van der Waals surface area contributed by atoms with Gasteiger partial charge in [-0.05, 0) is 31.0 Å². The second-order valence-corrected chi connectivity index (χ2v) is 4.56. The lowest BCUT2D eigenvalue weighted by Crippen LogP contribution is -2.38. The molecule has 0 fully saturated rings. The van der Waals surface area contributed by atoms with Crippen LogP contribution in [0.5, 0.6) is 5.75 Å². The Morgan fingerprint density at radius 2 is 1.89 bits per heavy atom.